The third kappa shape index (κ3) is 3.08. The van der Waals surface area contributed by atoms with Gasteiger partial charge in [0, 0.05) is 12.4 Å². The highest BCUT2D eigenvalue weighted by molar-refractivity contribution is 7.88. The summed E-state index contributed by atoms with van der Waals surface area (Å²) in [5.74, 6) is 0. The van der Waals surface area contributed by atoms with Crippen molar-refractivity contribution in [2.24, 2.45) is 0 Å². The molecule has 0 fully saturated rings. The van der Waals surface area contributed by atoms with Crippen LogP contribution in [0.15, 0.2) is 24.5 Å². The summed E-state index contributed by atoms with van der Waals surface area (Å²) in [6.07, 6.45) is 4.45. The van der Waals surface area contributed by atoms with Crippen molar-refractivity contribution < 1.29 is 8.42 Å². The zero-order valence-electron chi connectivity index (χ0n) is 8.48. The first-order valence-electron chi connectivity index (χ1n) is 4.21. The molecule has 1 rings (SSSR count). The summed E-state index contributed by atoms with van der Waals surface area (Å²) in [5, 5.41) is 0. The van der Waals surface area contributed by atoms with Gasteiger partial charge in [-0.15, -0.1) is 0 Å². The molecule has 0 spiro atoms. The Morgan fingerprint density at radius 2 is 2.07 bits per heavy atom. The lowest BCUT2D eigenvalue weighted by Gasteiger charge is -2.24. The number of nitrogens with one attached hydrogen (secondary N) is 1. The van der Waals surface area contributed by atoms with E-state index in [0.29, 0.717) is 0 Å². The predicted molar refractivity (Wildman–Crippen MR) is 55.2 cm³/mol. The minimum atomic E-state index is -3.21. The van der Waals surface area contributed by atoms with Gasteiger partial charge in [-0.2, -0.15) is 0 Å². The normalized spacial score (nSPS) is 12.8. The summed E-state index contributed by atoms with van der Waals surface area (Å²) < 4.78 is 24.7. The lowest BCUT2D eigenvalue weighted by molar-refractivity contribution is 0.473. The van der Waals surface area contributed by atoms with Crippen LogP contribution in [0.5, 0.6) is 0 Å². The molecule has 0 unspecified atom stereocenters. The van der Waals surface area contributed by atoms with Crippen LogP contribution in [0.4, 0.5) is 0 Å². The molecule has 0 amide bonds. The molecule has 0 aromatic carbocycles. The molecule has 1 N–H and O–H groups in total. The molecule has 1 aromatic heterocycles. The zero-order chi connectivity index (χ0) is 10.8. The topological polar surface area (TPSA) is 59.1 Å². The predicted octanol–water partition coefficient (Wildman–Crippen LogP) is 0.866. The Kier molecular flexibility index (Phi) is 2.92. The second-order valence-electron chi connectivity index (χ2n) is 3.74. The van der Waals surface area contributed by atoms with Crippen LogP contribution in [0.3, 0.4) is 0 Å². The molecule has 1 aromatic rings. The summed E-state index contributed by atoms with van der Waals surface area (Å²) in [6, 6.07) is 3.62. The molecule has 78 valence electrons. The molecule has 0 aliphatic carbocycles. The Morgan fingerprint density at radius 1 is 1.43 bits per heavy atom. The number of hydrogen-bond donors (Lipinski definition) is 1. The maximum atomic E-state index is 11.1. The van der Waals surface area contributed by atoms with E-state index in [1.807, 2.05) is 6.07 Å². The molecule has 0 aliphatic heterocycles. The standard InChI is InChI=1S/C9H14N2O2S/c1-9(2,11-14(3,12)13)8-5-4-6-10-7-8/h4-7,11H,1-3H3. The van der Waals surface area contributed by atoms with E-state index in [0.717, 1.165) is 11.8 Å². The van der Waals surface area contributed by atoms with Crippen molar-refractivity contribution in [3.63, 3.8) is 0 Å². The molecule has 0 saturated carbocycles. The number of nitrogens with zero attached hydrogens (tertiary/aromatic N) is 1. The van der Waals surface area contributed by atoms with Gasteiger partial charge >= 0.3 is 0 Å². The summed E-state index contributed by atoms with van der Waals surface area (Å²) in [5.41, 5.74) is 0.215. The van der Waals surface area contributed by atoms with E-state index in [4.69, 9.17) is 0 Å². The molecule has 14 heavy (non-hydrogen) atoms. The van der Waals surface area contributed by atoms with Gasteiger partial charge in [-0.25, -0.2) is 13.1 Å². The minimum absolute atomic E-state index is 0.623. The highest BCUT2D eigenvalue weighted by Gasteiger charge is 2.24. The summed E-state index contributed by atoms with van der Waals surface area (Å²) >= 11 is 0. The van der Waals surface area contributed by atoms with Crippen molar-refractivity contribution in [2.75, 3.05) is 6.26 Å². The largest absolute Gasteiger partial charge is 0.264 e. The van der Waals surface area contributed by atoms with Gasteiger partial charge < -0.3 is 0 Å². The van der Waals surface area contributed by atoms with Gasteiger partial charge in [0.2, 0.25) is 10.0 Å². The Labute approximate surface area is 84.4 Å². The van der Waals surface area contributed by atoms with Crippen LogP contribution in [0, 0.1) is 0 Å². The van der Waals surface area contributed by atoms with Crippen LogP contribution < -0.4 is 4.72 Å². The van der Waals surface area contributed by atoms with Crippen LogP contribution >= 0.6 is 0 Å². The molecular formula is C9H14N2O2S. The lowest BCUT2D eigenvalue weighted by Crippen LogP contribution is -2.40. The Balaban J connectivity index is 2.97. The van der Waals surface area contributed by atoms with E-state index in [1.54, 1.807) is 32.3 Å². The highest BCUT2D eigenvalue weighted by atomic mass is 32.2. The Bertz CT molecular complexity index is 398. The minimum Gasteiger partial charge on any atom is -0.264 e. The maximum absolute atomic E-state index is 11.1. The number of rotatable bonds is 3. The van der Waals surface area contributed by atoms with Gasteiger partial charge in [-0.3, -0.25) is 4.98 Å². The zero-order valence-corrected chi connectivity index (χ0v) is 9.30. The SMILES string of the molecule is CC(C)(NS(C)(=O)=O)c1cccnc1. The van der Waals surface area contributed by atoms with Crippen molar-refractivity contribution in [1.82, 2.24) is 9.71 Å². The number of sulfonamides is 1. The number of pyridine rings is 1. The van der Waals surface area contributed by atoms with Gasteiger partial charge in [0.1, 0.15) is 0 Å². The molecular weight excluding hydrogens is 200 g/mol. The first-order chi connectivity index (χ1) is 6.31. The van der Waals surface area contributed by atoms with E-state index in [9.17, 15) is 8.42 Å². The average molecular weight is 214 g/mol. The molecule has 1 heterocycles. The summed E-state index contributed by atoms with van der Waals surface area (Å²) in [4.78, 5) is 3.95. The molecule has 4 nitrogen and oxygen atoms in total. The van der Waals surface area contributed by atoms with Gasteiger partial charge in [0.05, 0.1) is 11.8 Å². The monoisotopic (exact) mass is 214 g/mol. The van der Waals surface area contributed by atoms with Crippen molar-refractivity contribution in [3.05, 3.63) is 30.1 Å². The smallest absolute Gasteiger partial charge is 0.209 e. The maximum Gasteiger partial charge on any atom is 0.209 e. The van der Waals surface area contributed by atoms with Gasteiger partial charge in [0.25, 0.3) is 0 Å². The average Bonchev–Trinajstić information content (AvgIpc) is 2.01. The van der Waals surface area contributed by atoms with Crippen LogP contribution in [0.2, 0.25) is 0 Å². The van der Waals surface area contributed by atoms with E-state index < -0.39 is 15.6 Å². The van der Waals surface area contributed by atoms with Crippen molar-refractivity contribution in [1.29, 1.82) is 0 Å². The van der Waals surface area contributed by atoms with Crippen LogP contribution in [-0.2, 0) is 15.6 Å². The quantitative estimate of drug-likeness (QED) is 0.812. The summed E-state index contributed by atoms with van der Waals surface area (Å²) in [6.45, 7) is 3.59. The first kappa shape index (κ1) is 11.1. The van der Waals surface area contributed by atoms with Gasteiger partial charge in [0.15, 0.2) is 0 Å². The fraction of sp³-hybridized carbons (Fsp3) is 0.444. The molecule has 5 heteroatoms. The van der Waals surface area contributed by atoms with Crippen LogP contribution in [-0.4, -0.2) is 19.7 Å². The molecule has 0 saturated heterocycles. The fourth-order valence-corrected chi connectivity index (χ4v) is 2.30. The third-order valence-corrected chi connectivity index (χ3v) is 2.70. The lowest BCUT2D eigenvalue weighted by atomic mass is 9.98. The van der Waals surface area contributed by atoms with Crippen molar-refractivity contribution in [2.45, 2.75) is 19.4 Å². The molecule has 0 atom stereocenters. The Morgan fingerprint density at radius 3 is 2.50 bits per heavy atom. The number of aromatic nitrogens is 1. The Hall–Kier alpha value is -0.940. The molecule has 0 aliphatic rings. The van der Waals surface area contributed by atoms with E-state index >= 15 is 0 Å². The fourth-order valence-electron chi connectivity index (χ4n) is 1.25. The van der Waals surface area contributed by atoms with Crippen molar-refractivity contribution in [3.8, 4) is 0 Å². The van der Waals surface area contributed by atoms with Gasteiger partial charge in [-0.1, -0.05) is 6.07 Å². The molecule has 0 bridgehead atoms. The second kappa shape index (κ2) is 3.67. The highest BCUT2D eigenvalue weighted by Crippen LogP contribution is 2.19. The number of hydrogen-bond acceptors (Lipinski definition) is 3. The van der Waals surface area contributed by atoms with E-state index in [-0.39, 0.29) is 0 Å². The summed E-state index contributed by atoms with van der Waals surface area (Å²) in [7, 11) is -3.21. The van der Waals surface area contributed by atoms with Crippen LogP contribution in [0.1, 0.15) is 19.4 Å². The van der Waals surface area contributed by atoms with Crippen molar-refractivity contribution >= 4 is 10.0 Å². The third-order valence-electron chi connectivity index (χ3n) is 1.82. The van der Waals surface area contributed by atoms with Crippen LogP contribution in [0.25, 0.3) is 0 Å². The van der Waals surface area contributed by atoms with E-state index in [2.05, 4.69) is 9.71 Å². The molecule has 0 radical (unpaired) electrons. The van der Waals surface area contributed by atoms with Gasteiger partial charge in [-0.05, 0) is 25.5 Å². The van der Waals surface area contributed by atoms with E-state index in [1.165, 1.54) is 0 Å². The second-order valence-corrected chi connectivity index (χ2v) is 5.49. The first-order valence-corrected chi connectivity index (χ1v) is 6.10.